The minimum atomic E-state index is 0.0225. The summed E-state index contributed by atoms with van der Waals surface area (Å²) in [6.07, 6.45) is 2.04. The number of nitrogens with one attached hydrogen (secondary N) is 1. The second kappa shape index (κ2) is 5.04. The molecule has 0 bridgehead atoms. The number of halogens is 2. The van der Waals surface area contributed by atoms with Crippen molar-refractivity contribution in [1.82, 2.24) is 10.2 Å². The molecule has 2 aromatic rings. The number of hydrogen-bond donors (Lipinski definition) is 2. The van der Waals surface area contributed by atoms with Crippen molar-refractivity contribution in [3.63, 3.8) is 0 Å². The Morgan fingerprint density at radius 2 is 2.16 bits per heavy atom. The molecule has 1 saturated heterocycles. The van der Waals surface area contributed by atoms with Crippen LogP contribution in [-0.2, 0) is 4.74 Å². The van der Waals surface area contributed by atoms with Crippen LogP contribution in [0, 0.1) is 0 Å². The Hall–Kier alpha value is -1.23. The lowest BCUT2D eigenvalue weighted by Crippen LogP contribution is -1.99. The van der Waals surface area contributed by atoms with E-state index in [2.05, 4.69) is 10.2 Å². The third kappa shape index (κ3) is 2.31. The summed E-state index contributed by atoms with van der Waals surface area (Å²) in [6.45, 7) is 0.768. The molecule has 1 atom stereocenters. The first kappa shape index (κ1) is 12.8. The Morgan fingerprint density at radius 1 is 1.32 bits per heavy atom. The van der Waals surface area contributed by atoms with E-state index in [-0.39, 0.29) is 6.10 Å². The highest BCUT2D eigenvalue weighted by molar-refractivity contribution is 6.42. The molecule has 0 amide bonds. The van der Waals surface area contributed by atoms with Crippen molar-refractivity contribution in [3.8, 4) is 11.1 Å². The van der Waals surface area contributed by atoms with E-state index in [1.165, 1.54) is 0 Å². The van der Waals surface area contributed by atoms with Crippen LogP contribution in [0.25, 0.3) is 11.1 Å². The van der Waals surface area contributed by atoms with Crippen LogP contribution in [0.5, 0.6) is 0 Å². The Morgan fingerprint density at radius 3 is 2.84 bits per heavy atom. The number of rotatable bonds is 2. The number of H-pyrrole nitrogens is 1. The lowest BCUT2D eigenvalue weighted by Gasteiger charge is -2.11. The first-order valence-electron chi connectivity index (χ1n) is 6.07. The van der Waals surface area contributed by atoms with E-state index in [9.17, 15) is 0 Å². The average Bonchev–Trinajstić information content (AvgIpc) is 3.01. The molecule has 1 aliphatic rings. The van der Waals surface area contributed by atoms with Crippen molar-refractivity contribution in [2.24, 2.45) is 0 Å². The van der Waals surface area contributed by atoms with Crippen molar-refractivity contribution in [2.75, 3.05) is 12.3 Å². The summed E-state index contributed by atoms with van der Waals surface area (Å²) >= 11 is 12.0. The van der Waals surface area contributed by atoms with Gasteiger partial charge in [-0.2, -0.15) is 5.10 Å². The number of nitrogen functional groups attached to an aromatic ring is 1. The third-order valence-electron chi connectivity index (χ3n) is 3.28. The quantitative estimate of drug-likeness (QED) is 0.886. The molecule has 0 spiro atoms. The molecule has 3 rings (SSSR count). The number of nitrogens with two attached hydrogens (primary N) is 1. The maximum absolute atomic E-state index is 6.06. The summed E-state index contributed by atoms with van der Waals surface area (Å²) in [5.74, 6) is 0.448. The van der Waals surface area contributed by atoms with E-state index >= 15 is 0 Å². The number of aromatic amines is 1. The highest BCUT2D eigenvalue weighted by Gasteiger charge is 2.25. The van der Waals surface area contributed by atoms with Gasteiger partial charge >= 0.3 is 0 Å². The molecule has 19 heavy (non-hydrogen) atoms. The molecule has 4 nitrogen and oxygen atoms in total. The van der Waals surface area contributed by atoms with Crippen molar-refractivity contribution < 1.29 is 4.74 Å². The lowest BCUT2D eigenvalue weighted by atomic mass is 10.0. The zero-order chi connectivity index (χ0) is 13.4. The van der Waals surface area contributed by atoms with Gasteiger partial charge in [0.15, 0.2) is 5.82 Å². The van der Waals surface area contributed by atoms with Gasteiger partial charge in [-0.25, -0.2) is 0 Å². The van der Waals surface area contributed by atoms with E-state index in [1.807, 2.05) is 6.07 Å². The fraction of sp³-hybridized carbons (Fsp3) is 0.308. The Bertz CT molecular complexity index is 606. The Balaban J connectivity index is 2.08. The number of benzene rings is 1. The summed E-state index contributed by atoms with van der Waals surface area (Å²) in [5.41, 5.74) is 8.61. The van der Waals surface area contributed by atoms with Gasteiger partial charge in [-0.1, -0.05) is 29.3 Å². The van der Waals surface area contributed by atoms with Crippen LogP contribution in [0.4, 0.5) is 5.82 Å². The van der Waals surface area contributed by atoms with Crippen molar-refractivity contribution >= 4 is 29.0 Å². The molecule has 0 saturated carbocycles. The number of aromatic nitrogens is 2. The van der Waals surface area contributed by atoms with Crippen LogP contribution in [0.3, 0.4) is 0 Å². The molecule has 3 N–H and O–H groups in total. The standard InChI is InChI=1S/C13H13Cl2N3O/c14-8-4-3-7(6-9(8)15)11-12(17-18-13(11)16)10-2-1-5-19-10/h3-4,6,10H,1-2,5H2,(H3,16,17,18). The predicted molar refractivity (Wildman–Crippen MR) is 76.4 cm³/mol. The zero-order valence-corrected chi connectivity index (χ0v) is 11.6. The van der Waals surface area contributed by atoms with Gasteiger partial charge in [0.1, 0.15) is 0 Å². The number of nitrogens with zero attached hydrogens (tertiary/aromatic N) is 1. The first-order chi connectivity index (χ1) is 9.16. The van der Waals surface area contributed by atoms with E-state index in [0.29, 0.717) is 15.9 Å². The van der Waals surface area contributed by atoms with Crippen molar-refractivity contribution in [1.29, 1.82) is 0 Å². The normalized spacial score (nSPS) is 18.9. The van der Waals surface area contributed by atoms with Gasteiger partial charge < -0.3 is 10.5 Å². The van der Waals surface area contributed by atoms with E-state index in [4.69, 9.17) is 33.7 Å². The highest BCUT2D eigenvalue weighted by Crippen LogP contribution is 2.38. The summed E-state index contributed by atoms with van der Waals surface area (Å²) in [4.78, 5) is 0. The molecule has 1 fully saturated rings. The summed E-state index contributed by atoms with van der Waals surface area (Å²) < 4.78 is 5.68. The fourth-order valence-corrected chi connectivity index (χ4v) is 2.66. The van der Waals surface area contributed by atoms with E-state index in [1.54, 1.807) is 12.1 Å². The molecule has 1 aromatic carbocycles. The van der Waals surface area contributed by atoms with Crippen LogP contribution in [0.1, 0.15) is 24.6 Å². The van der Waals surface area contributed by atoms with Gasteiger partial charge in [-0.15, -0.1) is 0 Å². The van der Waals surface area contributed by atoms with Gasteiger partial charge in [0.25, 0.3) is 0 Å². The van der Waals surface area contributed by atoms with E-state index < -0.39 is 0 Å². The topological polar surface area (TPSA) is 63.9 Å². The second-order valence-electron chi connectivity index (χ2n) is 4.53. The second-order valence-corrected chi connectivity index (χ2v) is 5.34. The summed E-state index contributed by atoms with van der Waals surface area (Å²) in [6, 6.07) is 5.43. The molecule has 0 radical (unpaired) electrons. The Kier molecular flexibility index (Phi) is 3.39. The average molecular weight is 298 g/mol. The van der Waals surface area contributed by atoms with Crippen LogP contribution in [0.2, 0.25) is 10.0 Å². The van der Waals surface area contributed by atoms with Gasteiger partial charge in [0.05, 0.1) is 21.8 Å². The van der Waals surface area contributed by atoms with Crippen molar-refractivity contribution in [3.05, 3.63) is 33.9 Å². The van der Waals surface area contributed by atoms with Gasteiger partial charge in [0, 0.05) is 12.2 Å². The SMILES string of the molecule is Nc1n[nH]c(C2CCCO2)c1-c1ccc(Cl)c(Cl)c1. The highest BCUT2D eigenvalue weighted by atomic mass is 35.5. The smallest absolute Gasteiger partial charge is 0.153 e. The Labute approximate surface area is 120 Å². The summed E-state index contributed by atoms with van der Waals surface area (Å²) in [7, 11) is 0. The number of ether oxygens (including phenoxy) is 1. The molecule has 6 heteroatoms. The minimum Gasteiger partial charge on any atom is -0.382 e. The fourth-order valence-electron chi connectivity index (χ4n) is 2.36. The molecular weight excluding hydrogens is 285 g/mol. The first-order valence-corrected chi connectivity index (χ1v) is 6.83. The molecular formula is C13H13Cl2N3O. The molecule has 1 aromatic heterocycles. The number of hydrogen-bond acceptors (Lipinski definition) is 3. The minimum absolute atomic E-state index is 0.0225. The molecule has 2 heterocycles. The van der Waals surface area contributed by atoms with Gasteiger partial charge in [-0.3, -0.25) is 5.10 Å². The van der Waals surface area contributed by atoms with Crippen molar-refractivity contribution in [2.45, 2.75) is 18.9 Å². The predicted octanol–water partition coefficient (Wildman–Crippen LogP) is 3.82. The van der Waals surface area contributed by atoms with E-state index in [0.717, 1.165) is 36.3 Å². The molecule has 0 aliphatic carbocycles. The zero-order valence-electron chi connectivity index (χ0n) is 10.1. The maximum atomic E-state index is 6.06. The van der Waals surface area contributed by atoms with Crippen LogP contribution in [-0.4, -0.2) is 16.8 Å². The largest absolute Gasteiger partial charge is 0.382 e. The number of anilines is 1. The van der Waals surface area contributed by atoms with Crippen LogP contribution >= 0.6 is 23.2 Å². The van der Waals surface area contributed by atoms with Crippen LogP contribution in [0.15, 0.2) is 18.2 Å². The lowest BCUT2D eigenvalue weighted by molar-refractivity contribution is 0.109. The van der Waals surface area contributed by atoms with Gasteiger partial charge in [-0.05, 0) is 30.5 Å². The maximum Gasteiger partial charge on any atom is 0.153 e. The molecule has 1 unspecified atom stereocenters. The summed E-state index contributed by atoms with van der Waals surface area (Å²) in [5, 5.41) is 8.08. The monoisotopic (exact) mass is 297 g/mol. The molecule has 1 aliphatic heterocycles. The molecule has 100 valence electrons. The third-order valence-corrected chi connectivity index (χ3v) is 4.02. The van der Waals surface area contributed by atoms with Crippen LogP contribution < -0.4 is 5.73 Å². The van der Waals surface area contributed by atoms with Gasteiger partial charge in [0.2, 0.25) is 0 Å².